The Hall–Kier alpha value is -1.29. The van der Waals surface area contributed by atoms with Crippen LogP contribution in [0.4, 0.5) is 0 Å². The van der Waals surface area contributed by atoms with Gasteiger partial charge < -0.3 is 13.6 Å². The monoisotopic (exact) mass is 783 g/mol. The summed E-state index contributed by atoms with van der Waals surface area (Å²) in [6, 6.07) is 0. The van der Waals surface area contributed by atoms with Crippen LogP contribution in [-0.2, 0) is 23.2 Å². The van der Waals surface area contributed by atoms with E-state index in [0.717, 1.165) is 63.4 Å². The van der Waals surface area contributed by atoms with Gasteiger partial charge in [-0.15, -0.1) is 0 Å². The van der Waals surface area contributed by atoms with Gasteiger partial charge in [0.05, 0.1) is 12.2 Å². The summed E-state index contributed by atoms with van der Waals surface area (Å²) in [5.41, 5.74) is 3.93. The third kappa shape index (κ3) is 10.4. The van der Waals surface area contributed by atoms with Gasteiger partial charge in [0.1, 0.15) is 11.9 Å². The van der Waals surface area contributed by atoms with Crippen LogP contribution in [0.15, 0.2) is 35.5 Å². The van der Waals surface area contributed by atoms with E-state index in [0.29, 0.717) is 24.0 Å². The van der Waals surface area contributed by atoms with Gasteiger partial charge in [-0.3, -0.25) is 9.59 Å². The Bertz CT molecular complexity index is 1410. The van der Waals surface area contributed by atoms with Gasteiger partial charge in [0.25, 0.3) is 0 Å². The molecule has 5 nitrogen and oxygen atoms in total. The summed E-state index contributed by atoms with van der Waals surface area (Å²) in [7, 11) is -4.02. The van der Waals surface area contributed by atoms with Crippen molar-refractivity contribution >= 4 is 28.4 Å². The van der Waals surface area contributed by atoms with Gasteiger partial charge in [-0.1, -0.05) is 112 Å². The van der Waals surface area contributed by atoms with Crippen molar-refractivity contribution in [3.8, 4) is 0 Å². The van der Waals surface area contributed by atoms with Crippen molar-refractivity contribution in [1.82, 2.24) is 0 Å². The number of esters is 1. The summed E-state index contributed by atoms with van der Waals surface area (Å²) < 4.78 is 20.3. The number of unbranched alkanes of at least 4 members (excludes halogenated alkanes) is 3. The largest absolute Gasteiger partial charge is 0.462 e. The zero-order valence-electron chi connectivity index (χ0n) is 37.5. The molecule has 4 fully saturated rings. The summed E-state index contributed by atoms with van der Waals surface area (Å²) in [5, 5.41) is 0.255. The van der Waals surface area contributed by atoms with Crippen molar-refractivity contribution in [2.75, 3.05) is 0 Å². The van der Waals surface area contributed by atoms with Crippen LogP contribution in [0.25, 0.3) is 0 Å². The van der Waals surface area contributed by atoms with Crippen molar-refractivity contribution in [3.63, 3.8) is 0 Å². The summed E-state index contributed by atoms with van der Waals surface area (Å²) in [5.74, 6) is 1.12. The highest BCUT2D eigenvalue weighted by molar-refractivity contribution is 6.74. The molecule has 0 aliphatic heterocycles. The Balaban J connectivity index is 1.56. The van der Waals surface area contributed by atoms with Crippen LogP contribution in [-0.4, -0.2) is 46.7 Å². The topological polar surface area (TPSA) is 61.8 Å². The smallest absolute Gasteiger partial charge is 0.302 e. The lowest BCUT2D eigenvalue weighted by atomic mass is 9.60. The van der Waals surface area contributed by atoms with E-state index in [1.807, 2.05) is 0 Å². The quantitative estimate of drug-likeness (QED) is 0.0886. The number of Topliss-reactive ketones (excluding diaryl/α,β-unsaturated/α-hetero) is 1. The van der Waals surface area contributed by atoms with Crippen LogP contribution in [0.5, 0.6) is 0 Å². The van der Waals surface area contributed by atoms with E-state index in [1.54, 1.807) is 5.57 Å². The van der Waals surface area contributed by atoms with Crippen LogP contribution in [0.3, 0.4) is 0 Å². The Labute approximate surface area is 334 Å². The van der Waals surface area contributed by atoms with Gasteiger partial charge in [0.15, 0.2) is 16.6 Å². The van der Waals surface area contributed by atoms with Crippen molar-refractivity contribution < 1.29 is 23.2 Å². The van der Waals surface area contributed by atoms with E-state index in [4.69, 9.17) is 20.2 Å². The predicted octanol–water partition coefficient (Wildman–Crippen LogP) is 13.5. The van der Waals surface area contributed by atoms with Crippen molar-refractivity contribution in [3.05, 3.63) is 35.5 Å². The molecule has 0 radical (unpaired) electrons. The lowest BCUT2D eigenvalue weighted by Gasteiger charge is -2.46. The molecule has 0 N–H and O–H groups in total. The molecule has 0 aromatic rings. The average Bonchev–Trinajstić information content (AvgIpc) is 3.75. The van der Waals surface area contributed by atoms with E-state index >= 15 is 0 Å². The molecule has 0 aromatic carbocycles. The fourth-order valence-corrected chi connectivity index (χ4v) is 12.5. The molecule has 54 heavy (non-hydrogen) atoms. The molecule has 4 aliphatic carbocycles. The average molecular weight is 783 g/mol. The summed E-state index contributed by atoms with van der Waals surface area (Å²) >= 11 is 0. The Morgan fingerprint density at radius 1 is 0.926 bits per heavy atom. The van der Waals surface area contributed by atoms with Gasteiger partial charge in [0, 0.05) is 25.2 Å². The van der Waals surface area contributed by atoms with Crippen LogP contribution < -0.4 is 0 Å². The number of carbonyl (C=O) groups excluding carboxylic acids is 2. The first-order valence-corrected chi connectivity index (χ1v) is 27.8. The fourth-order valence-electron chi connectivity index (χ4n) is 9.82. The molecule has 0 bridgehead atoms. The normalized spacial score (nSPS) is 30.3. The Kier molecular flexibility index (Phi) is 14.5. The van der Waals surface area contributed by atoms with Crippen molar-refractivity contribution in [2.24, 2.45) is 28.6 Å². The highest BCUT2D eigenvalue weighted by Crippen LogP contribution is 2.60. The number of fused-ring (bicyclic) bond motifs is 1. The molecule has 0 saturated heterocycles. The van der Waals surface area contributed by atoms with Gasteiger partial charge >= 0.3 is 5.97 Å². The van der Waals surface area contributed by atoms with E-state index in [9.17, 15) is 9.59 Å². The van der Waals surface area contributed by atoms with Crippen LogP contribution >= 0.6 is 0 Å². The maximum atomic E-state index is 13.8. The van der Waals surface area contributed by atoms with Crippen LogP contribution in [0, 0.1) is 28.6 Å². The second-order valence-electron chi connectivity index (χ2n) is 21.6. The second-order valence-corrected chi connectivity index (χ2v) is 31.1. The van der Waals surface area contributed by atoms with E-state index in [1.165, 1.54) is 44.6 Å². The summed E-state index contributed by atoms with van der Waals surface area (Å²) in [6.45, 7) is 36.6. The number of ether oxygens (including phenoxy) is 1. The lowest BCUT2D eigenvalue weighted by Crippen LogP contribution is -2.49. The lowest BCUT2D eigenvalue weighted by molar-refractivity contribution is -0.153. The van der Waals surface area contributed by atoms with E-state index in [-0.39, 0.29) is 51.1 Å². The molecule has 3 unspecified atom stereocenters. The molecule has 0 amide bonds. The zero-order chi connectivity index (χ0) is 40.5. The number of allylic oxidation sites excluding steroid dienone is 3. The maximum Gasteiger partial charge on any atom is 0.302 e. The molecule has 0 heterocycles. The minimum absolute atomic E-state index is 0.0283. The fraction of sp³-hybridized carbons (Fsp3) is 0.830. The molecule has 308 valence electrons. The number of hydrogen-bond acceptors (Lipinski definition) is 5. The standard InChI is InChI=1S/C47H82O5Si2/c1-16-17-18-19-27-47(28-29-47)43(49)32-41(50-35(4)48)34(3)39-24-25-40-36(21-20-26-46(39,40)11)22-23-37-30-38(51-53(12,13)44(5,6)7)31-42(33(37)2)52-54(14,15)45(8,9)10/h22-23,34,38-42H,2,16-21,24-32H2,1,3-15H3/t34-,38?,39+,40-,41?,42?,46+/m0/s1. The van der Waals surface area contributed by atoms with Gasteiger partial charge in [-0.05, 0) is 128 Å². The molecule has 7 atom stereocenters. The van der Waals surface area contributed by atoms with E-state index < -0.39 is 16.6 Å². The third-order valence-corrected chi connectivity index (χ3v) is 24.7. The highest BCUT2D eigenvalue weighted by Gasteiger charge is 2.54. The maximum absolute atomic E-state index is 13.8. The summed E-state index contributed by atoms with van der Waals surface area (Å²) in [4.78, 5) is 26.3. The van der Waals surface area contributed by atoms with Gasteiger partial charge in [0.2, 0.25) is 0 Å². The van der Waals surface area contributed by atoms with Crippen molar-refractivity contribution in [2.45, 2.75) is 220 Å². The molecule has 7 heteroatoms. The van der Waals surface area contributed by atoms with Crippen molar-refractivity contribution in [1.29, 1.82) is 0 Å². The predicted molar refractivity (Wildman–Crippen MR) is 232 cm³/mol. The summed E-state index contributed by atoms with van der Waals surface area (Å²) in [6.07, 6.45) is 20.2. The molecule has 4 aliphatic rings. The highest BCUT2D eigenvalue weighted by atomic mass is 28.4. The van der Waals surface area contributed by atoms with Crippen LogP contribution in [0.1, 0.15) is 166 Å². The minimum atomic E-state index is -2.04. The van der Waals surface area contributed by atoms with Crippen LogP contribution in [0.2, 0.25) is 36.3 Å². The minimum Gasteiger partial charge on any atom is -0.462 e. The first-order valence-electron chi connectivity index (χ1n) is 22.0. The molecular weight excluding hydrogens is 701 g/mol. The first kappa shape index (κ1) is 45.4. The zero-order valence-corrected chi connectivity index (χ0v) is 39.5. The molecule has 4 saturated carbocycles. The Morgan fingerprint density at radius 3 is 2.13 bits per heavy atom. The molecule has 0 spiro atoms. The molecule has 0 aromatic heterocycles. The van der Waals surface area contributed by atoms with Gasteiger partial charge in [-0.25, -0.2) is 0 Å². The SMILES string of the molecule is C=C1C(=CC=C2CCC[C@]3(C)[C@@H]([C@H](C)C(CC(=O)C4(CCCCCC)CC4)OC(C)=O)CC[C@@H]23)CC(O[Si](C)(C)C(C)(C)C)CC1O[Si](C)(C)C(C)(C)C. The Morgan fingerprint density at radius 2 is 1.56 bits per heavy atom. The first-order chi connectivity index (χ1) is 24.9. The molecule has 4 rings (SSSR count). The number of rotatable bonds is 16. The second kappa shape index (κ2) is 17.3. The number of carbonyl (C=O) groups is 2. The number of ketones is 1. The number of hydrogen-bond donors (Lipinski definition) is 0. The molecular formula is C47H82O5Si2. The van der Waals surface area contributed by atoms with E-state index in [2.05, 4.69) is 101 Å². The van der Waals surface area contributed by atoms with Gasteiger partial charge in [-0.2, -0.15) is 0 Å². The third-order valence-electron chi connectivity index (χ3n) is 15.7.